The first kappa shape index (κ1) is 11.5. The summed E-state index contributed by atoms with van der Waals surface area (Å²) in [5, 5.41) is 0.551. The van der Waals surface area contributed by atoms with E-state index in [4.69, 9.17) is 16.3 Å². The maximum atomic E-state index is 5.70. The minimum atomic E-state index is -0.0284. The molecule has 0 bridgehead atoms. The van der Waals surface area contributed by atoms with Crippen LogP contribution in [-0.2, 0) is 4.74 Å². The highest BCUT2D eigenvalue weighted by molar-refractivity contribution is 6.30. The fourth-order valence-electron chi connectivity index (χ4n) is 1.58. The van der Waals surface area contributed by atoms with Gasteiger partial charge in [0.2, 0.25) is 0 Å². The molecule has 0 unspecified atom stereocenters. The highest BCUT2D eigenvalue weighted by Gasteiger charge is 2.24. The Morgan fingerprint density at radius 1 is 1.57 bits per heavy atom. The summed E-state index contributed by atoms with van der Waals surface area (Å²) in [5.74, 6) is 0. The molecule has 1 nitrogen and oxygen atoms in total. The number of hydrogen-bond acceptors (Lipinski definition) is 1. The molecule has 0 spiro atoms. The second-order valence-corrected chi connectivity index (χ2v) is 4.80. The van der Waals surface area contributed by atoms with Crippen LogP contribution in [0.5, 0.6) is 0 Å². The molecular weight excluding hydrogens is 196 g/mol. The van der Waals surface area contributed by atoms with Crippen LogP contribution in [0.25, 0.3) is 0 Å². The molecule has 0 radical (unpaired) electrons. The van der Waals surface area contributed by atoms with Crippen LogP contribution in [0.15, 0.2) is 34.9 Å². The Morgan fingerprint density at radius 3 is 2.71 bits per heavy atom. The SMILES string of the molecule is C=C(Cl)/C=C\C1=C(C)CC(C)(C)OC1. The first-order valence-corrected chi connectivity index (χ1v) is 5.13. The zero-order valence-electron chi connectivity index (χ0n) is 9.06. The van der Waals surface area contributed by atoms with E-state index in [0.717, 1.165) is 6.42 Å². The van der Waals surface area contributed by atoms with Gasteiger partial charge in [0.05, 0.1) is 12.2 Å². The van der Waals surface area contributed by atoms with Gasteiger partial charge in [0.25, 0.3) is 0 Å². The smallest absolute Gasteiger partial charge is 0.0723 e. The van der Waals surface area contributed by atoms with E-state index >= 15 is 0 Å². The Hall–Kier alpha value is -0.530. The van der Waals surface area contributed by atoms with Gasteiger partial charge in [-0.05, 0) is 38.8 Å². The quantitative estimate of drug-likeness (QED) is 0.633. The lowest BCUT2D eigenvalue weighted by molar-refractivity contribution is -0.0129. The molecule has 0 fully saturated rings. The van der Waals surface area contributed by atoms with Gasteiger partial charge in [-0.3, -0.25) is 0 Å². The van der Waals surface area contributed by atoms with Gasteiger partial charge in [-0.15, -0.1) is 0 Å². The molecule has 1 aliphatic rings. The van der Waals surface area contributed by atoms with E-state index in [-0.39, 0.29) is 5.60 Å². The van der Waals surface area contributed by atoms with E-state index in [1.165, 1.54) is 11.1 Å². The molecule has 0 aliphatic carbocycles. The van der Waals surface area contributed by atoms with E-state index in [1.54, 1.807) is 0 Å². The number of allylic oxidation sites excluding steroid dienone is 2. The van der Waals surface area contributed by atoms with Gasteiger partial charge in [0, 0.05) is 5.03 Å². The van der Waals surface area contributed by atoms with E-state index < -0.39 is 0 Å². The van der Waals surface area contributed by atoms with Gasteiger partial charge in [-0.25, -0.2) is 0 Å². The largest absolute Gasteiger partial charge is 0.371 e. The van der Waals surface area contributed by atoms with Crippen LogP contribution in [0.2, 0.25) is 0 Å². The third-order valence-corrected chi connectivity index (χ3v) is 2.45. The second kappa shape index (κ2) is 4.33. The number of hydrogen-bond donors (Lipinski definition) is 0. The summed E-state index contributed by atoms with van der Waals surface area (Å²) in [6, 6.07) is 0. The van der Waals surface area contributed by atoms with Gasteiger partial charge < -0.3 is 4.74 Å². The monoisotopic (exact) mass is 212 g/mol. The minimum Gasteiger partial charge on any atom is -0.371 e. The van der Waals surface area contributed by atoms with Crippen molar-refractivity contribution in [2.75, 3.05) is 6.61 Å². The molecular formula is C12H17ClO. The van der Waals surface area contributed by atoms with Crippen molar-refractivity contribution in [2.24, 2.45) is 0 Å². The fourth-order valence-corrected chi connectivity index (χ4v) is 1.64. The summed E-state index contributed by atoms with van der Waals surface area (Å²) >= 11 is 5.66. The Labute approximate surface area is 91.1 Å². The Bertz CT molecular complexity index is 297. The zero-order chi connectivity index (χ0) is 10.8. The van der Waals surface area contributed by atoms with Crippen LogP contribution in [0.4, 0.5) is 0 Å². The lowest BCUT2D eigenvalue weighted by Crippen LogP contribution is -2.29. The molecule has 0 atom stereocenters. The number of ether oxygens (including phenoxy) is 1. The van der Waals surface area contributed by atoms with Gasteiger partial charge in [-0.1, -0.05) is 29.8 Å². The van der Waals surface area contributed by atoms with Crippen molar-refractivity contribution in [2.45, 2.75) is 32.8 Å². The van der Waals surface area contributed by atoms with Crippen LogP contribution in [0, 0.1) is 0 Å². The Balaban J connectivity index is 2.76. The third kappa shape index (κ3) is 3.32. The maximum absolute atomic E-state index is 5.70. The number of halogens is 1. The highest BCUT2D eigenvalue weighted by Crippen LogP contribution is 2.28. The molecule has 0 aromatic carbocycles. The predicted octanol–water partition coefficient (Wildman–Crippen LogP) is 3.81. The summed E-state index contributed by atoms with van der Waals surface area (Å²) in [7, 11) is 0. The topological polar surface area (TPSA) is 9.23 Å². The molecule has 0 aromatic heterocycles. The molecule has 0 saturated carbocycles. The molecule has 2 heteroatoms. The van der Waals surface area contributed by atoms with Crippen LogP contribution in [-0.4, -0.2) is 12.2 Å². The van der Waals surface area contributed by atoms with Crippen molar-refractivity contribution in [1.82, 2.24) is 0 Å². The fraction of sp³-hybridized carbons (Fsp3) is 0.500. The summed E-state index contributed by atoms with van der Waals surface area (Å²) in [5.41, 5.74) is 2.56. The summed E-state index contributed by atoms with van der Waals surface area (Å²) in [6.45, 7) is 10.6. The van der Waals surface area contributed by atoms with Crippen molar-refractivity contribution < 1.29 is 4.74 Å². The van der Waals surface area contributed by atoms with Gasteiger partial charge >= 0.3 is 0 Å². The van der Waals surface area contributed by atoms with Gasteiger partial charge in [0.1, 0.15) is 0 Å². The van der Waals surface area contributed by atoms with Crippen LogP contribution in [0.1, 0.15) is 27.2 Å². The third-order valence-electron chi connectivity index (χ3n) is 2.32. The molecule has 14 heavy (non-hydrogen) atoms. The standard InChI is InChI=1S/C12H17ClO/c1-9-7-12(3,4)14-8-11(9)6-5-10(2)13/h5-6H,2,7-8H2,1,3-4H3/b6-5-. The molecule has 0 amide bonds. The van der Waals surface area contributed by atoms with Crippen LogP contribution >= 0.6 is 11.6 Å². The molecule has 78 valence electrons. The zero-order valence-corrected chi connectivity index (χ0v) is 9.82. The molecule has 1 rings (SSSR count). The van der Waals surface area contributed by atoms with Crippen molar-refractivity contribution in [3.05, 3.63) is 34.9 Å². The van der Waals surface area contributed by atoms with Gasteiger partial charge in [0.15, 0.2) is 0 Å². The predicted molar refractivity (Wildman–Crippen MR) is 61.5 cm³/mol. The number of rotatable bonds is 2. The normalized spacial score (nSPS) is 21.7. The van der Waals surface area contributed by atoms with Crippen molar-refractivity contribution in [1.29, 1.82) is 0 Å². The van der Waals surface area contributed by atoms with Crippen molar-refractivity contribution in [3.63, 3.8) is 0 Å². The van der Waals surface area contributed by atoms with E-state index in [0.29, 0.717) is 11.6 Å². The average Bonchev–Trinajstić information content (AvgIpc) is 2.00. The molecule has 0 N–H and O–H groups in total. The first-order chi connectivity index (χ1) is 6.41. The van der Waals surface area contributed by atoms with Crippen LogP contribution < -0.4 is 0 Å². The summed E-state index contributed by atoms with van der Waals surface area (Å²) in [6.07, 6.45) is 4.77. The first-order valence-electron chi connectivity index (χ1n) is 4.76. The summed E-state index contributed by atoms with van der Waals surface area (Å²) in [4.78, 5) is 0. The average molecular weight is 213 g/mol. The second-order valence-electron chi connectivity index (χ2n) is 4.31. The van der Waals surface area contributed by atoms with Crippen molar-refractivity contribution >= 4 is 11.6 Å². The highest BCUT2D eigenvalue weighted by atomic mass is 35.5. The Kier molecular flexibility index (Phi) is 3.57. The lowest BCUT2D eigenvalue weighted by Gasteiger charge is -2.31. The molecule has 0 aromatic rings. The molecule has 1 aliphatic heterocycles. The molecule has 1 heterocycles. The van der Waals surface area contributed by atoms with Gasteiger partial charge in [-0.2, -0.15) is 0 Å². The van der Waals surface area contributed by atoms with Crippen molar-refractivity contribution in [3.8, 4) is 0 Å². The Morgan fingerprint density at radius 2 is 2.21 bits per heavy atom. The summed E-state index contributed by atoms with van der Waals surface area (Å²) < 4.78 is 5.70. The van der Waals surface area contributed by atoms with E-state index in [1.807, 2.05) is 12.2 Å². The van der Waals surface area contributed by atoms with E-state index in [2.05, 4.69) is 27.4 Å². The maximum Gasteiger partial charge on any atom is 0.0723 e. The van der Waals surface area contributed by atoms with Crippen LogP contribution in [0.3, 0.4) is 0 Å². The lowest BCUT2D eigenvalue weighted by atomic mass is 9.93. The van der Waals surface area contributed by atoms with E-state index in [9.17, 15) is 0 Å². The molecule has 0 saturated heterocycles. The minimum absolute atomic E-state index is 0.0284.